The molecule has 2 aromatic carbocycles. The molecule has 2 amide bonds. The third kappa shape index (κ3) is 5.89. The third-order valence-corrected chi connectivity index (χ3v) is 4.41. The first-order valence-electron chi connectivity index (χ1n) is 8.94. The topological polar surface area (TPSA) is 84.2 Å². The number of rotatable bonds is 7. The molecule has 0 atom stereocenters. The Morgan fingerprint density at radius 1 is 1.14 bits per heavy atom. The molecule has 8 heteroatoms. The second-order valence-electron chi connectivity index (χ2n) is 6.43. The number of halogens is 2. The fraction of sp³-hybridized carbons (Fsp3) is 0.190. The molecule has 3 aromatic rings. The summed E-state index contributed by atoms with van der Waals surface area (Å²) in [6.07, 6.45) is 1.92. The van der Waals surface area contributed by atoms with Crippen LogP contribution >= 0.6 is 11.6 Å². The Labute approximate surface area is 172 Å². The van der Waals surface area contributed by atoms with E-state index in [0.717, 1.165) is 5.56 Å². The number of aromatic nitrogens is 1. The summed E-state index contributed by atoms with van der Waals surface area (Å²) in [5, 5.41) is 5.63. The highest BCUT2D eigenvalue weighted by Gasteiger charge is 2.11. The smallest absolute Gasteiger partial charge is 0.243 e. The second-order valence-corrected chi connectivity index (χ2v) is 6.84. The van der Waals surface area contributed by atoms with Gasteiger partial charge in [-0.25, -0.2) is 9.37 Å². The molecular formula is C21H19ClFN3O3. The fourth-order valence-corrected chi connectivity index (χ4v) is 2.86. The normalized spacial score (nSPS) is 10.6. The summed E-state index contributed by atoms with van der Waals surface area (Å²) in [5.41, 5.74) is 2.17. The van der Waals surface area contributed by atoms with Gasteiger partial charge in [-0.2, -0.15) is 0 Å². The quantitative estimate of drug-likeness (QED) is 0.607. The van der Waals surface area contributed by atoms with Crippen molar-refractivity contribution in [3.63, 3.8) is 0 Å². The van der Waals surface area contributed by atoms with Gasteiger partial charge < -0.3 is 15.1 Å². The highest BCUT2D eigenvalue weighted by atomic mass is 35.5. The lowest BCUT2D eigenvalue weighted by Crippen LogP contribution is -2.33. The number of hydrogen-bond donors (Lipinski definition) is 2. The van der Waals surface area contributed by atoms with Crippen LogP contribution in [0.15, 0.2) is 53.1 Å². The van der Waals surface area contributed by atoms with Crippen molar-refractivity contribution in [2.75, 3.05) is 11.9 Å². The molecule has 0 radical (unpaired) electrons. The van der Waals surface area contributed by atoms with E-state index in [-0.39, 0.29) is 37.0 Å². The Kier molecular flexibility index (Phi) is 6.61. The van der Waals surface area contributed by atoms with Gasteiger partial charge in [0.15, 0.2) is 11.7 Å². The third-order valence-electron chi connectivity index (χ3n) is 4.09. The SMILES string of the molecule is Cc1ccc(NC(=O)CNC(=O)CCc2ncc(-c3ccc(F)cc3)o2)c(Cl)c1. The summed E-state index contributed by atoms with van der Waals surface area (Å²) >= 11 is 6.07. The highest BCUT2D eigenvalue weighted by Crippen LogP contribution is 2.23. The molecule has 150 valence electrons. The molecule has 0 unspecified atom stereocenters. The number of aryl methyl sites for hydroxylation is 2. The number of nitrogens with zero attached hydrogens (tertiary/aromatic N) is 1. The molecule has 1 aromatic heterocycles. The van der Waals surface area contributed by atoms with E-state index in [4.69, 9.17) is 16.0 Å². The minimum atomic E-state index is -0.376. The molecule has 0 saturated heterocycles. The Morgan fingerprint density at radius 2 is 1.90 bits per heavy atom. The van der Waals surface area contributed by atoms with Crippen LogP contribution in [0.2, 0.25) is 5.02 Å². The van der Waals surface area contributed by atoms with Crippen LogP contribution in [0, 0.1) is 12.7 Å². The molecule has 0 bridgehead atoms. The number of benzene rings is 2. The minimum Gasteiger partial charge on any atom is -0.441 e. The highest BCUT2D eigenvalue weighted by molar-refractivity contribution is 6.33. The number of nitrogens with one attached hydrogen (secondary N) is 2. The average Bonchev–Trinajstić information content (AvgIpc) is 3.16. The van der Waals surface area contributed by atoms with Crippen LogP contribution in [0.5, 0.6) is 0 Å². The first-order chi connectivity index (χ1) is 13.9. The fourth-order valence-electron chi connectivity index (χ4n) is 2.58. The van der Waals surface area contributed by atoms with E-state index in [0.29, 0.717) is 27.9 Å². The van der Waals surface area contributed by atoms with Gasteiger partial charge in [-0.15, -0.1) is 0 Å². The Bertz CT molecular complexity index is 1020. The Hall–Kier alpha value is -3.19. The summed E-state index contributed by atoms with van der Waals surface area (Å²) in [7, 11) is 0. The van der Waals surface area contributed by atoms with Crippen molar-refractivity contribution >= 4 is 29.1 Å². The number of carbonyl (C=O) groups excluding carboxylic acids is 2. The number of carbonyl (C=O) groups is 2. The number of amides is 2. The van der Waals surface area contributed by atoms with E-state index < -0.39 is 0 Å². The standard InChI is InChI=1S/C21H19ClFN3O3/c1-13-2-7-17(16(22)10-13)26-20(28)12-24-19(27)8-9-21-25-11-18(29-21)14-3-5-15(23)6-4-14/h2-7,10-11H,8-9,12H2,1H3,(H,24,27)(H,26,28). The zero-order chi connectivity index (χ0) is 20.8. The monoisotopic (exact) mass is 415 g/mol. The molecule has 3 rings (SSSR count). The van der Waals surface area contributed by atoms with Gasteiger partial charge in [0.2, 0.25) is 11.8 Å². The van der Waals surface area contributed by atoms with Gasteiger partial charge in [-0.1, -0.05) is 17.7 Å². The minimum absolute atomic E-state index is 0.113. The van der Waals surface area contributed by atoms with Crippen LogP contribution in [-0.2, 0) is 16.0 Å². The van der Waals surface area contributed by atoms with Crippen molar-refractivity contribution in [2.45, 2.75) is 19.8 Å². The molecule has 0 aliphatic heterocycles. The van der Waals surface area contributed by atoms with Crippen molar-refractivity contribution in [3.8, 4) is 11.3 Å². The lowest BCUT2D eigenvalue weighted by molar-refractivity contribution is -0.124. The van der Waals surface area contributed by atoms with Crippen LogP contribution in [0.1, 0.15) is 17.9 Å². The number of hydrogen-bond acceptors (Lipinski definition) is 4. The van der Waals surface area contributed by atoms with Crippen molar-refractivity contribution in [2.24, 2.45) is 0 Å². The van der Waals surface area contributed by atoms with Crippen molar-refractivity contribution in [3.05, 3.63) is 71.0 Å². The van der Waals surface area contributed by atoms with Gasteiger partial charge in [-0.05, 0) is 48.9 Å². The predicted molar refractivity (Wildman–Crippen MR) is 108 cm³/mol. The molecule has 0 aliphatic carbocycles. The lowest BCUT2D eigenvalue weighted by atomic mass is 10.2. The van der Waals surface area contributed by atoms with Crippen LogP contribution in [0.3, 0.4) is 0 Å². The summed E-state index contributed by atoms with van der Waals surface area (Å²) in [5.74, 6) is -0.139. The maximum Gasteiger partial charge on any atom is 0.243 e. The van der Waals surface area contributed by atoms with Crippen LogP contribution in [-0.4, -0.2) is 23.3 Å². The van der Waals surface area contributed by atoms with Crippen LogP contribution in [0.4, 0.5) is 10.1 Å². The summed E-state index contributed by atoms with van der Waals surface area (Å²) in [6, 6.07) is 11.1. The Balaban J connectivity index is 1.44. The van der Waals surface area contributed by atoms with Crippen molar-refractivity contribution in [1.82, 2.24) is 10.3 Å². The van der Waals surface area contributed by atoms with Gasteiger partial charge in [-0.3, -0.25) is 9.59 Å². The van der Waals surface area contributed by atoms with Gasteiger partial charge in [0, 0.05) is 18.4 Å². The zero-order valence-corrected chi connectivity index (χ0v) is 16.4. The maximum absolute atomic E-state index is 13.0. The molecule has 2 N–H and O–H groups in total. The van der Waals surface area contributed by atoms with Crippen molar-refractivity contribution < 1.29 is 18.4 Å². The van der Waals surface area contributed by atoms with E-state index in [2.05, 4.69) is 15.6 Å². The molecule has 0 saturated carbocycles. The largest absolute Gasteiger partial charge is 0.441 e. The summed E-state index contributed by atoms with van der Waals surface area (Å²) in [4.78, 5) is 28.1. The second kappa shape index (κ2) is 9.34. The van der Waals surface area contributed by atoms with E-state index in [1.165, 1.54) is 18.3 Å². The lowest BCUT2D eigenvalue weighted by Gasteiger charge is -2.08. The van der Waals surface area contributed by atoms with Gasteiger partial charge in [0.05, 0.1) is 23.5 Å². The van der Waals surface area contributed by atoms with Gasteiger partial charge in [0.25, 0.3) is 0 Å². The van der Waals surface area contributed by atoms with Crippen LogP contribution in [0.25, 0.3) is 11.3 Å². The molecule has 0 aliphatic rings. The zero-order valence-electron chi connectivity index (χ0n) is 15.7. The van der Waals surface area contributed by atoms with Gasteiger partial charge in [0.1, 0.15) is 5.82 Å². The molecule has 6 nitrogen and oxygen atoms in total. The van der Waals surface area contributed by atoms with Gasteiger partial charge >= 0.3 is 0 Å². The molecular weight excluding hydrogens is 397 g/mol. The molecule has 29 heavy (non-hydrogen) atoms. The van der Waals surface area contributed by atoms with E-state index in [9.17, 15) is 14.0 Å². The number of anilines is 1. The number of oxazole rings is 1. The first kappa shape index (κ1) is 20.5. The Morgan fingerprint density at radius 3 is 2.62 bits per heavy atom. The van der Waals surface area contributed by atoms with Crippen molar-refractivity contribution in [1.29, 1.82) is 0 Å². The summed E-state index contributed by atoms with van der Waals surface area (Å²) < 4.78 is 18.6. The molecule has 1 heterocycles. The maximum atomic E-state index is 13.0. The average molecular weight is 416 g/mol. The van der Waals surface area contributed by atoms with Crippen LogP contribution < -0.4 is 10.6 Å². The van der Waals surface area contributed by atoms with E-state index in [1.54, 1.807) is 24.3 Å². The molecule has 0 spiro atoms. The predicted octanol–water partition coefficient (Wildman–Crippen LogP) is 4.13. The molecule has 0 fully saturated rings. The van der Waals surface area contributed by atoms with E-state index in [1.807, 2.05) is 13.0 Å². The first-order valence-corrected chi connectivity index (χ1v) is 9.32. The van der Waals surface area contributed by atoms with E-state index >= 15 is 0 Å². The summed E-state index contributed by atoms with van der Waals surface area (Å²) in [6.45, 7) is 1.73.